The molecule has 1 aliphatic rings. The van der Waals surface area contributed by atoms with Crippen molar-refractivity contribution in [2.24, 2.45) is 0 Å². The van der Waals surface area contributed by atoms with E-state index in [0.29, 0.717) is 31.7 Å². The SMILES string of the molecule is CCCN(CCC)S(=O)(=O)c1ccc2c(c1)CCN2C(=O)CCC(=O)O. The Labute approximate surface area is 154 Å². The average Bonchev–Trinajstić information content (AvgIpc) is 3.02. The smallest absolute Gasteiger partial charge is 0.303 e. The summed E-state index contributed by atoms with van der Waals surface area (Å²) in [5, 5.41) is 8.72. The average molecular weight is 382 g/mol. The summed E-state index contributed by atoms with van der Waals surface area (Å²) in [4.78, 5) is 24.7. The molecular weight excluding hydrogens is 356 g/mol. The number of carbonyl (C=O) groups is 2. The van der Waals surface area contributed by atoms with E-state index in [9.17, 15) is 18.0 Å². The lowest BCUT2D eigenvalue weighted by Crippen LogP contribution is -2.32. The summed E-state index contributed by atoms with van der Waals surface area (Å²) in [5.74, 6) is -1.26. The van der Waals surface area contributed by atoms with Gasteiger partial charge in [0.25, 0.3) is 0 Å². The molecule has 0 aliphatic carbocycles. The number of aliphatic carboxylic acids is 1. The second-order valence-electron chi connectivity index (χ2n) is 6.38. The third-order valence-electron chi connectivity index (χ3n) is 4.38. The first-order valence-electron chi connectivity index (χ1n) is 8.96. The van der Waals surface area contributed by atoms with Crippen LogP contribution in [-0.4, -0.2) is 49.3 Å². The Morgan fingerprint density at radius 3 is 2.38 bits per heavy atom. The van der Waals surface area contributed by atoms with Gasteiger partial charge in [-0.1, -0.05) is 13.8 Å². The van der Waals surface area contributed by atoms with E-state index in [1.54, 1.807) is 17.0 Å². The van der Waals surface area contributed by atoms with Gasteiger partial charge in [0.1, 0.15) is 0 Å². The number of carboxylic acids is 1. The highest BCUT2D eigenvalue weighted by Gasteiger charge is 2.28. The van der Waals surface area contributed by atoms with Crippen molar-refractivity contribution in [3.8, 4) is 0 Å². The molecule has 1 N–H and O–H groups in total. The molecule has 1 heterocycles. The lowest BCUT2D eigenvalue weighted by Gasteiger charge is -2.22. The Hall–Kier alpha value is -1.93. The molecule has 0 fully saturated rings. The lowest BCUT2D eigenvalue weighted by molar-refractivity contribution is -0.138. The van der Waals surface area contributed by atoms with Gasteiger partial charge >= 0.3 is 5.97 Å². The highest BCUT2D eigenvalue weighted by Crippen LogP contribution is 2.31. The predicted octanol–water partition coefficient (Wildman–Crippen LogP) is 2.25. The van der Waals surface area contributed by atoms with Crippen LogP contribution in [0.25, 0.3) is 0 Å². The van der Waals surface area contributed by atoms with Gasteiger partial charge in [0, 0.05) is 31.7 Å². The van der Waals surface area contributed by atoms with Crippen molar-refractivity contribution in [2.45, 2.75) is 50.8 Å². The number of carbonyl (C=O) groups excluding carboxylic acids is 1. The van der Waals surface area contributed by atoms with Gasteiger partial charge in [-0.05, 0) is 43.0 Å². The van der Waals surface area contributed by atoms with E-state index in [4.69, 9.17) is 5.11 Å². The quantitative estimate of drug-likeness (QED) is 0.707. The molecule has 0 unspecified atom stereocenters. The fourth-order valence-corrected chi connectivity index (χ4v) is 4.82. The Bertz CT molecular complexity index is 770. The first kappa shape index (κ1) is 20.4. The summed E-state index contributed by atoms with van der Waals surface area (Å²) < 4.78 is 27.3. The van der Waals surface area contributed by atoms with E-state index in [0.717, 1.165) is 18.4 Å². The van der Waals surface area contributed by atoms with Crippen LogP contribution >= 0.6 is 0 Å². The maximum atomic E-state index is 12.9. The zero-order valence-corrected chi connectivity index (χ0v) is 16.1. The van der Waals surface area contributed by atoms with Gasteiger partial charge in [0.2, 0.25) is 15.9 Å². The van der Waals surface area contributed by atoms with Crippen molar-refractivity contribution < 1.29 is 23.1 Å². The van der Waals surface area contributed by atoms with Gasteiger partial charge in [-0.15, -0.1) is 0 Å². The highest BCUT2D eigenvalue weighted by atomic mass is 32.2. The molecule has 26 heavy (non-hydrogen) atoms. The van der Waals surface area contributed by atoms with Crippen LogP contribution < -0.4 is 4.90 Å². The highest BCUT2D eigenvalue weighted by molar-refractivity contribution is 7.89. The van der Waals surface area contributed by atoms with E-state index in [2.05, 4.69) is 0 Å². The van der Waals surface area contributed by atoms with Crippen LogP contribution in [0.1, 0.15) is 45.1 Å². The lowest BCUT2D eigenvalue weighted by atomic mass is 10.2. The van der Waals surface area contributed by atoms with Crippen LogP contribution in [0.5, 0.6) is 0 Å². The topological polar surface area (TPSA) is 95.0 Å². The summed E-state index contributed by atoms with van der Waals surface area (Å²) >= 11 is 0. The van der Waals surface area contributed by atoms with E-state index >= 15 is 0 Å². The minimum Gasteiger partial charge on any atom is -0.481 e. The minimum absolute atomic E-state index is 0.0599. The zero-order chi connectivity index (χ0) is 19.3. The molecule has 0 saturated heterocycles. The van der Waals surface area contributed by atoms with Gasteiger partial charge in [0.05, 0.1) is 11.3 Å². The summed E-state index contributed by atoms with van der Waals surface area (Å²) in [6.07, 6.45) is 1.79. The fourth-order valence-electron chi connectivity index (χ4n) is 3.15. The number of hydrogen-bond acceptors (Lipinski definition) is 4. The van der Waals surface area contributed by atoms with Crippen LogP contribution in [0.2, 0.25) is 0 Å². The second kappa shape index (κ2) is 8.64. The van der Waals surface area contributed by atoms with Crippen molar-refractivity contribution >= 4 is 27.6 Å². The molecule has 0 saturated carbocycles. The molecular formula is C18H26N2O5S. The number of sulfonamides is 1. The van der Waals surface area contributed by atoms with Crippen LogP contribution in [0.3, 0.4) is 0 Å². The Kier molecular flexibility index (Phi) is 6.77. The largest absolute Gasteiger partial charge is 0.481 e. The van der Waals surface area contributed by atoms with E-state index in [-0.39, 0.29) is 23.6 Å². The number of hydrogen-bond donors (Lipinski definition) is 1. The molecule has 7 nitrogen and oxygen atoms in total. The van der Waals surface area contributed by atoms with Crippen LogP contribution in [0, 0.1) is 0 Å². The van der Waals surface area contributed by atoms with Crippen LogP contribution in [-0.2, 0) is 26.0 Å². The van der Waals surface area contributed by atoms with Gasteiger partial charge in [-0.2, -0.15) is 4.31 Å². The molecule has 2 rings (SSSR count). The standard InChI is InChI=1S/C18H26N2O5S/c1-3-10-19(11-4-2)26(24,25)15-5-6-16-14(13-15)9-12-20(16)17(21)7-8-18(22)23/h5-6,13H,3-4,7-12H2,1-2H3,(H,22,23). The Morgan fingerprint density at radius 2 is 1.81 bits per heavy atom. The van der Waals surface area contributed by atoms with Gasteiger partial charge in [0.15, 0.2) is 0 Å². The summed E-state index contributed by atoms with van der Waals surface area (Å²) in [6.45, 7) is 5.30. The van der Waals surface area contributed by atoms with Gasteiger partial charge in [-0.3, -0.25) is 9.59 Å². The summed E-state index contributed by atoms with van der Waals surface area (Å²) in [7, 11) is -3.55. The molecule has 8 heteroatoms. The third kappa shape index (κ3) is 4.42. The molecule has 1 amide bonds. The molecule has 0 radical (unpaired) electrons. The van der Waals surface area contributed by atoms with Gasteiger partial charge in [-0.25, -0.2) is 8.42 Å². The molecule has 1 aromatic carbocycles. The predicted molar refractivity (Wildman–Crippen MR) is 98.7 cm³/mol. The molecule has 0 aromatic heterocycles. The monoisotopic (exact) mass is 382 g/mol. The van der Waals surface area contributed by atoms with Gasteiger partial charge < -0.3 is 10.0 Å². The number of nitrogens with zero attached hydrogens (tertiary/aromatic N) is 2. The van der Waals surface area contributed by atoms with E-state index in [1.807, 2.05) is 13.8 Å². The minimum atomic E-state index is -3.55. The zero-order valence-electron chi connectivity index (χ0n) is 15.3. The number of anilines is 1. The molecule has 1 aliphatic heterocycles. The maximum absolute atomic E-state index is 12.9. The summed E-state index contributed by atoms with van der Waals surface area (Å²) in [5.41, 5.74) is 1.49. The maximum Gasteiger partial charge on any atom is 0.303 e. The second-order valence-corrected chi connectivity index (χ2v) is 8.32. The Balaban J connectivity index is 2.24. The van der Waals surface area contributed by atoms with Crippen LogP contribution in [0.4, 0.5) is 5.69 Å². The number of carboxylic acid groups (broad SMARTS) is 1. The van der Waals surface area contributed by atoms with Crippen molar-refractivity contribution in [1.82, 2.24) is 4.31 Å². The molecule has 0 bridgehead atoms. The Morgan fingerprint density at radius 1 is 1.15 bits per heavy atom. The number of fused-ring (bicyclic) bond motifs is 1. The number of amides is 1. The van der Waals surface area contributed by atoms with Crippen molar-refractivity contribution in [1.29, 1.82) is 0 Å². The van der Waals surface area contributed by atoms with Crippen molar-refractivity contribution in [3.63, 3.8) is 0 Å². The normalized spacial score (nSPS) is 13.9. The molecule has 0 atom stereocenters. The number of rotatable bonds is 9. The first-order chi connectivity index (χ1) is 12.3. The van der Waals surface area contributed by atoms with E-state index < -0.39 is 16.0 Å². The van der Waals surface area contributed by atoms with Crippen LogP contribution in [0.15, 0.2) is 23.1 Å². The summed E-state index contributed by atoms with van der Waals surface area (Å²) in [6, 6.07) is 4.84. The molecule has 144 valence electrons. The van der Waals surface area contributed by atoms with Crippen molar-refractivity contribution in [3.05, 3.63) is 23.8 Å². The van der Waals surface area contributed by atoms with E-state index in [1.165, 1.54) is 10.4 Å². The fraction of sp³-hybridized carbons (Fsp3) is 0.556. The third-order valence-corrected chi connectivity index (χ3v) is 6.28. The molecule has 0 spiro atoms. The first-order valence-corrected chi connectivity index (χ1v) is 10.4. The number of benzene rings is 1. The van der Waals surface area contributed by atoms with Crippen molar-refractivity contribution in [2.75, 3.05) is 24.5 Å². The molecule has 1 aromatic rings.